The van der Waals surface area contributed by atoms with Crippen molar-refractivity contribution in [2.24, 2.45) is 5.92 Å². The molecule has 1 N–H and O–H groups in total. The third-order valence-electron chi connectivity index (χ3n) is 2.81. The fourth-order valence-corrected chi connectivity index (χ4v) is 3.01. The van der Waals surface area contributed by atoms with Crippen molar-refractivity contribution < 1.29 is 8.42 Å². The highest BCUT2D eigenvalue weighted by Crippen LogP contribution is 2.07. The average molecular weight is 349 g/mol. The van der Waals surface area contributed by atoms with Crippen LogP contribution in [0.2, 0.25) is 0 Å². The number of halogens is 1. The molecule has 108 valence electrons. The quantitative estimate of drug-likeness (QED) is 0.550. The van der Waals surface area contributed by atoms with E-state index in [-0.39, 0.29) is 5.75 Å². The molecule has 0 spiro atoms. The van der Waals surface area contributed by atoms with Gasteiger partial charge in [-0.25, -0.2) is 13.1 Å². The summed E-state index contributed by atoms with van der Waals surface area (Å²) in [6.45, 7) is 2.66. The molecule has 0 bridgehead atoms. The molecule has 1 aromatic rings. The predicted octanol–water partition coefficient (Wildman–Crippen LogP) is 2.35. The summed E-state index contributed by atoms with van der Waals surface area (Å²) in [5.74, 6) is 0.677. The summed E-state index contributed by atoms with van der Waals surface area (Å²) in [6.07, 6.45) is 4.02. The fraction of sp³-hybridized carbons (Fsp3) is 0.615. The second-order valence-electron chi connectivity index (χ2n) is 4.69. The molecule has 6 heteroatoms. The molecule has 1 rings (SSSR count). The molecule has 4 nitrogen and oxygen atoms in total. The van der Waals surface area contributed by atoms with Crippen LogP contribution in [0.5, 0.6) is 0 Å². The number of hydrogen-bond acceptors (Lipinski definition) is 3. The van der Waals surface area contributed by atoms with E-state index in [0.717, 1.165) is 23.9 Å². The van der Waals surface area contributed by atoms with Gasteiger partial charge in [0.05, 0.1) is 5.75 Å². The van der Waals surface area contributed by atoms with E-state index >= 15 is 0 Å². The first-order valence-corrected chi connectivity index (χ1v) is 9.24. The summed E-state index contributed by atoms with van der Waals surface area (Å²) in [6, 6.07) is 5.53. The zero-order valence-electron chi connectivity index (χ0n) is 11.2. The molecule has 0 fully saturated rings. The molecule has 0 aliphatic heterocycles. The van der Waals surface area contributed by atoms with Crippen LogP contribution in [0.4, 0.5) is 0 Å². The van der Waals surface area contributed by atoms with Crippen LogP contribution in [-0.2, 0) is 16.4 Å². The molecular formula is C13H21BrN2O2S. The number of alkyl halides is 1. The van der Waals surface area contributed by atoms with Gasteiger partial charge in [0, 0.05) is 30.2 Å². The number of hydrogen-bond donors (Lipinski definition) is 1. The van der Waals surface area contributed by atoms with Gasteiger partial charge in [0.15, 0.2) is 0 Å². The monoisotopic (exact) mass is 348 g/mol. The Balaban J connectivity index is 2.25. The lowest BCUT2D eigenvalue weighted by Crippen LogP contribution is -2.28. The summed E-state index contributed by atoms with van der Waals surface area (Å²) in [5, 5.41) is 0.958. The number of nitrogens with zero attached hydrogens (tertiary/aromatic N) is 1. The molecular weight excluding hydrogens is 328 g/mol. The van der Waals surface area contributed by atoms with Crippen LogP contribution in [0.3, 0.4) is 0 Å². The molecule has 1 aromatic heterocycles. The first-order chi connectivity index (χ1) is 9.03. The van der Waals surface area contributed by atoms with Crippen LogP contribution in [0, 0.1) is 5.92 Å². The number of aryl methyl sites for hydroxylation is 1. The largest absolute Gasteiger partial charge is 0.261 e. The minimum Gasteiger partial charge on any atom is -0.261 e. The zero-order valence-corrected chi connectivity index (χ0v) is 13.6. The molecule has 0 radical (unpaired) electrons. The molecule has 19 heavy (non-hydrogen) atoms. The number of aromatic nitrogens is 1. The fourth-order valence-electron chi connectivity index (χ4n) is 1.61. The highest BCUT2D eigenvalue weighted by molar-refractivity contribution is 9.09. The normalized spacial score (nSPS) is 13.4. The number of rotatable bonds is 9. The molecule has 0 saturated carbocycles. The first kappa shape index (κ1) is 16.6. The second kappa shape index (κ2) is 8.66. The van der Waals surface area contributed by atoms with E-state index in [0.29, 0.717) is 18.9 Å². The average Bonchev–Trinajstić information content (AvgIpc) is 2.42. The molecule has 1 unspecified atom stereocenters. The van der Waals surface area contributed by atoms with E-state index < -0.39 is 10.0 Å². The van der Waals surface area contributed by atoms with Gasteiger partial charge in [0.1, 0.15) is 0 Å². The number of pyridine rings is 1. The molecule has 0 saturated heterocycles. The molecule has 1 heterocycles. The van der Waals surface area contributed by atoms with Crippen LogP contribution >= 0.6 is 15.9 Å². The van der Waals surface area contributed by atoms with Crippen molar-refractivity contribution in [3.8, 4) is 0 Å². The molecule has 0 amide bonds. The van der Waals surface area contributed by atoms with Gasteiger partial charge in [-0.3, -0.25) is 4.98 Å². The minimum atomic E-state index is -3.19. The summed E-state index contributed by atoms with van der Waals surface area (Å²) in [5.41, 5.74) is 0.806. The van der Waals surface area contributed by atoms with Crippen molar-refractivity contribution in [1.29, 1.82) is 0 Å². The van der Waals surface area contributed by atoms with Crippen molar-refractivity contribution >= 4 is 26.0 Å². The van der Waals surface area contributed by atoms with Crippen molar-refractivity contribution in [3.63, 3.8) is 0 Å². The Morgan fingerprint density at radius 1 is 1.42 bits per heavy atom. The summed E-state index contributed by atoms with van der Waals surface area (Å²) in [4.78, 5) is 4.12. The SMILES string of the molecule is CC(CBr)CCCNS(=O)(=O)CCc1ccccn1. The Morgan fingerprint density at radius 2 is 2.21 bits per heavy atom. The maximum absolute atomic E-state index is 11.8. The Bertz CT molecular complexity index is 451. The smallest absolute Gasteiger partial charge is 0.211 e. The Morgan fingerprint density at radius 3 is 2.84 bits per heavy atom. The van der Waals surface area contributed by atoms with Gasteiger partial charge in [-0.05, 0) is 30.9 Å². The van der Waals surface area contributed by atoms with E-state index in [4.69, 9.17) is 0 Å². The Labute approximate surface area is 124 Å². The van der Waals surface area contributed by atoms with Gasteiger partial charge < -0.3 is 0 Å². The van der Waals surface area contributed by atoms with Crippen LogP contribution in [0.15, 0.2) is 24.4 Å². The van der Waals surface area contributed by atoms with Gasteiger partial charge in [-0.1, -0.05) is 28.9 Å². The number of nitrogens with one attached hydrogen (secondary N) is 1. The third-order valence-corrected chi connectivity index (χ3v) is 5.30. The highest BCUT2D eigenvalue weighted by Gasteiger charge is 2.10. The lowest BCUT2D eigenvalue weighted by atomic mass is 10.1. The molecule has 0 aromatic carbocycles. The van der Waals surface area contributed by atoms with Crippen molar-refractivity contribution in [3.05, 3.63) is 30.1 Å². The molecule has 0 aliphatic rings. The van der Waals surface area contributed by atoms with Gasteiger partial charge in [-0.2, -0.15) is 0 Å². The van der Waals surface area contributed by atoms with Crippen molar-refractivity contribution in [1.82, 2.24) is 9.71 Å². The van der Waals surface area contributed by atoms with Crippen LogP contribution in [-0.4, -0.2) is 31.0 Å². The van der Waals surface area contributed by atoms with Gasteiger partial charge in [0.25, 0.3) is 0 Å². The Hall–Kier alpha value is -0.460. The summed E-state index contributed by atoms with van der Waals surface area (Å²) >= 11 is 3.41. The van der Waals surface area contributed by atoms with Crippen LogP contribution in [0.25, 0.3) is 0 Å². The third kappa shape index (κ3) is 7.64. The van der Waals surface area contributed by atoms with Gasteiger partial charge in [-0.15, -0.1) is 0 Å². The highest BCUT2D eigenvalue weighted by atomic mass is 79.9. The predicted molar refractivity (Wildman–Crippen MR) is 81.9 cm³/mol. The lowest BCUT2D eigenvalue weighted by Gasteiger charge is -2.09. The van der Waals surface area contributed by atoms with Gasteiger partial charge >= 0.3 is 0 Å². The van der Waals surface area contributed by atoms with Crippen LogP contribution < -0.4 is 4.72 Å². The minimum absolute atomic E-state index is 0.0952. The number of sulfonamides is 1. The molecule has 1 atom stereocenters. The van der Waals surface area contributed by atoms with Gasteiger partial charge in [0.2, 0.25) is 10.0 Å². The van der Waals surface area contributed by atoms with Crippen LogP contribution in [0.1, 0.15) is 25.5 Å². The summed E-state index contributed by atoms with van der Waals surface area (Å²) in [7, 11) is -3.19. The van der Waals surface area contributed by atoms with Crippen molar-refractivity contribution in [2.75, 3.05) is 17.6 Å². The zero-order chi connectivity index (χ0) is 14.1. The second-order valence-corrected chi connectivity index (χ2v) is 7.26. The van der Waals surface area contributed by atoms with Crippen molar-refractivity contribution in [2.45, 2.75) is 26.2 Å². The molecule has 0 aliphatic carbocycles. The van der Waals surface area contributed by atoms with E-state index in [9.17, 15) is 8.42 Å². The maximum Gasteiger partial charge on any atom is 0.211 e. The van der Waals surface area contributed by atoms with E-state index in [2.05, 4.69) is 32.6 Å². The van der Waals surface area contributed by atoms with E-state index in [1.807, 2.05) is 18.2 Å². The maximum atomic E-state index is 11.8. The van der Waals surface area contributed by atoms with E-state index in [1.165, 1.54) is 0 Å². The first-order valence-electron chi connectivity index (χ1n) is 6.46. The summed E-state index contributed by atoms with van der Waals surface area (Å²) < 4.78 is 26.2. The van der Waals surface area contributed by atoms with E-state index in [1.54, 1.807) is 6.20 Å². The standard InChI is InChI=1S/C13H21BrN2O2S/c1-12(11-14)5-4-9-16-19(17,18)10-7-13-6-2-3-8-15-13/h2-3,6,8,12,16H,4-5,7,9-11H2,1H3. The topological polar surface area (TPSA) is 59.1 Å². The Kier molecular flexibility index (Phi) is 7.56. The lowest BCUT2D eigenvalue weighted by molar-refractivity contribution is 0.546.